The van der Waals surface area contributed by atoms with Crippen LogP contribution >= 0.6 is 0 Å². The highest BCUT2D eigenvalue weighted by Crippen LogP contribution is 2.01. The Bertz CT molecular complexity index is 277. The van der Waals surface area contributed by atoms with Crippen molar-refractivity contribution >= 4 is 5.97 Å². The van der Waals surface area contributed by atoms with Gasteiger partial charge in [0.15, 0.2) is 0 Å². The molecule has 3 nitrogen and oxygen atoms in total. The summed E-state index contributed by atoms with van der Waals surface area (Å²) in [5.41, 5.74) is 0. The summed E-state index contributed by atoms with van der Waals surface area (Å²) in [6.45, 7) is 2.11. The molecular weight excluding hydrogens is 216 g/mol. The van der Waals surface area contributed by atoms with E-state index >= 15 is 0 Å². The molecule has 0 aliphatic rings. The maximum atomic E-state index is 11.0. The van der Waals surface area contributed by atoms with Crippen molar-refractivity contribution < 1.29 is 14.3 Å². The van der Waals surface area contributed by atoms with Crippen molar-refractivity contribution in [2.45, 2.75) is 32.3 Å². The fraction of sp³-hybridized carbons (Fsp3) is 0.500. The average Bonchev–Trinajstić information content (AvgIpc) is 2.35. The number of carbonyl (C=O) groups excluding carboxylic acids is 1. The fourth-order valence-electron chi connectivity index (χ4n) is 1.16. The normalized spacial score (nSPS) is 13.8. The predicted octanol–water partition coefficient (Wildman–Crippen LogP) is 3.03. The summed E-state index contributed by atoms with van der Waals surface area (Å²) in [5.74, 6) is -0.267. The number of esters is 1. The van der Waals surface area contributed by atoms with Crippen molar-refractivity contribution in [1.82, 2.24) is 0 Å². The van der Waals surface area contributed by atoms with Gasteiger partial charge in [0, 0.05) is 7.11 Å². The third-order valence-electron chi connectivity index (χ3n) is 2.15. The van der Waals surface area contributed by atoms with Gasteiger partial charge in [0.05, 0.1) is 19.6 Å². The van der Waals surface area contributed by atoms with Crippen molar-refractivity contribution in [1.29, 1.82) is 0 Å². The molecule has 0 aromatic rings. The number of allylic oxidation sites excluding steroid dienone is 5. The number of carbonyl (C=O) groups is 1. The molecule has 0 saturated carbocycles. The molecule has 17 heavy (non-hydrogen) atoms. The summed E-state index contributed by atoms with van der Waals surface area (Å²) in [4.78, 5) is 11.0. The maximum absolute atomic E-state index is 11.0. The van der Waals surface area contributed by atoms with E-state index in [4.69, 9.17) is 4.74 Å². The van der Waals surface area contributed by atoms with Crippen molar-refractivity contribution in [2.75, 3.05) is 14.2 Å². The molecule has 3 heteroatoms. The molecule has 1 atom stereocenters. The SMILES string of the molecule is CCC=CCC=CC=CC(CC(=O)OC)OC. The lowest BCUT2D eigenvalue weighted by Crippen LogP contribution is -2.14. The van der Waals surface area contributed by atoms with Crippen LogP contribution in [0.3, 0.4) is 0 Å². The van der Waals surface area contributed by atoms with Gasteiger partial charge in [-0.25, -0.2) is 0 Å². The van der Waals surface area contributed by atoms with Crippen molar-refractivity contribution in [3.8, 4) is 0 Å². The quantitative estimate of drug-likeness (QED) is 0.370. The zero-order chi connectivity index (χ0) is 12.9. The van der Waals surface area contributed by atoms with Crippen LogP contribution in [-0.4, -0.2) is 26.3 Å². The van der Waals surface area contributed by atoms with E-state index in [1.165, 1.54) is 7.11 Å². The minimum Gasteiger partial charge on any atom is -0.469 e. The fourth-order valence-corrected chi connectivity index (χ4v) is 1.16. The molecule has 0 fully saturated rings. The Morgan fingerprint density at radius 1 is 1.18 bits per heavy atom. The third kappa shape index (κ3) is 9.57. The summed E-state index contributed by atoms with van der Waals surface area (Å²) in [6, 6.07) is 0. The molecule has 0 spiro atoms. The lowest BCUT2D eigenvalue weighted by atomic mass is 10.2. The first-order valence-corrected chi connectivity index (χ1v) is 5.82. The Hall–Kier alpha value is -1.35. The second-order valence-corrected chi connectivity index (χ2v) is 3.48. The van der Waals surface area contributed by atoms with E-state index in [9.17, 15) is 4.79 Å². The summed E-state index contributed by atoms with van der Waals surface area (Å²) in [5, 5.41) is 0. The molecule has 0 bridgehead atoms. The van der Waals surface area contributed by atoms with E-state index in [1.54, 1.807) is 7.11 Å². The van der Waals surface area contributed by atoms with E-state index in [0.717, 1.165) is 12.8 Å². The molecule has 0 aliphatic heterocycles. The van der Waals surface area contributed by atoms with Crippen LogP contribution in [0.5, 0.6) is 0 Å². The van der Waals surface area contributed by atoms with Crippen molar-refractivity contribution in [3.05, 3.63) is 36.5 Å². The van der Waals surface area contributed by atoms with Crippen LogP contribution < -0.4 is 0 Å². The molecule has 0 radical (unpaired) electrons. The number of hydrogen-bond donors (Lipinski definition) is 0. The molecule has 0 aromatic heterocycles. The second kappa shape index (κ2) is 11.1. The first-order valence-electron chi connectivity index (χ1n) is 5.82. The highest BCUT2D eigenvalue weighted by atomic mass is 16.5. The third-order valence-corrected chi connectivity index (χ3v) is 2.15. The van der Waals surface area contributed by atoms with E-state index < -0.39 is 0 Å². The second-order valence-electron chi connectivity index (χ2n) is 3.48. The van der Waals surface area contributed by atoms with Crippen LogP contribution in [0.4, 0.5) is 0 Å². The first-order chi connectivity index (χ1) is 8.24. The van der Waals surface area contributed by atoms with Crippen LogP contribution in [0.1, 0.15) is 26.2 Å². The van der Waals surface area contributed by atoms with Gasteiger partial charge in [-0.3, -0.25) is 4.79 Å². The smallest absolute Gasteiger partial charge is 0.308 e. The van der Waals surface area contributed by atoms with Crippen molar-refractivity contribution in [3.63, 3.8) is 0 Å². The Morgan fingerprint density at radius 2 is 1.94 bits per heavy atom. The van der Waals surface area contributed by atoms with Crippen LogP contribution in [0, 0.1) is 0 Å². The van der Waals surface area contributed by atoms with Crippen LogP contribution in [-0.2, 0) is 14.3 Å². The van der Waals surface area contributed by atoms with Gasteiger partial charge in [-0.15, -0.1) is 0 Å². The monoisotopic (exact) mass is 238 g/mol. The van der Waals surface area contributed by atoms with Gasteiger partial charge < -0.3 is 9.47 Å². The van der Waals surface area contributed by atoms with Crippen LogP contribution in [0.2, 0.25) is 0 Å². The van der Waals surface area contributed by atoms with Crippen LogP contribution in [0.15, 0.2) is 36.5 Å². The molecule has 0 aromatic carbocycles. The molecular formula is C14H22O3. The van der Waals surface area contributed by atoms with E-state index in [1.807, 2.05) is 24.3 Å². The average molecular weight is 238 g/mol. The van der Waals surface area contributed by atoms with Crippen LogP contribution in [0.25, 0.3) is 0 Å². The standard InChI is InChI=1S/C14H22O3/c1-4-5-6-7-8-9-10-11-13(16-2)12-14(15)17-3/h5-6,8-11,13H,4,7,12H2,1-3H3. The summed E-state index contributed by atoms with van der Waals surface area (Å²) in [7, 11) is 2.95. The van der Waals surface area contributed by atoms with Crippen molar-refractivity contribution in [2.24, 2.45) is 0 Å². The van der Waals surface area contributed by atoms with Gasteiger partial charge in [-0.2, -0.15) is 0 Å². The molecule has 0 heterocycles. The molecule has 0 aliphatic carbocycles. The minimum atomic E-state index is -0.267. The molecule has 0 saturated heterocycles. The number of hydrogen-bond acceptors (Lipinski definition) is 3. The number of rotatable bonds is 8. The zero-order valence-corrected chi connectivity index (χ0v) is 10.9. The molecule has 1 unspecified atom stereocenters. The van der Waals surface area contributed by atoms with Gasteiger partial charge in [0.25, 0.3) is 0 Å². The minimum absolute atomic E-state index is 0.224. The lowest BCUT2D eigenvalue weighted by Gasteiger charge is -2.07. The van der Waals surface area contributed by atoms with Gasteiger partial charge in [0.2, 0.25) is 0 Å². The van der Waals surface area contributed by atoms with E-state index in [2.05, 4.69) is 23.8 Å². The van der Waals surface area contributed by atoms with Gasteiger partial charge in [-0.05, 0) is 12.8 Å². The topological polar surface area (TPSA) is 35.5 Å². The first kappa shape index (κ1) is 15.7. The lowest BCUT2D eigenvalue weighted by molar-refractivity contribution is -0.142. The number of methoxy groups -OCH3 is 2. The largest absolute Gasteiger partial charge is 0.469 e. The van der Waals surface area contributed by atoms with E-state index in [0.29, 0.717) is 0 Å². The maximum Gasteiger partial charge on any atom is 0.308 e. The highest BCUT2D eigenvalue weighted by Gasteiger charge is 2.08. The zero-order valence-electron chi connectivity index (χ0n) is 10.9. The Labute approximate surface area is 104 Å². The summed E-state index contributed by atoms with van der Waals surface area (Å²) in [6.07, 6.45) is 14.0. The Balaban J connectivity index is 3.93. The molecule has 0 amide bonds. The van der Waals surface area contributed by atoms with Gasteiger partial charge >= 0.3 is 5.97 Å². The highest BCUT2D eigenvalue weighted by molar-refractivity contribution is 5.70. The Morgan fingerprint density at radius 3 is 2.53 bits per heavy atom. The molecule has 0 rings (SSSR count). The summed E-state index contributed by atoms with van der Waals surface area (Å²) < 4.78 is 9.71. The summed E-state index contributed by atoms with van der Waals surface area (Å²) >= 11 is 0. The molecule has 0 N–H and O–H groups in total. The predicted molar refractivity (Wildman–Crippen MR) is 69.8 cm³/mol. The number of ether oxygens (including phenoxy) is 2. The van der Waals surface area contributed by atoms with Gasteiger partial charge in [0.1, 0.15) is 0 Å². The van der Waals surface area contributed by atoms with Gasteiger partial charge in [-0.1, -0.05) is 43.4 Å². The Kier molecular flexibility index (Phi) is 10.3. The van der Waals surface area contributed by atoms with E-state index in [-0.39, 0.29) is 18.5 Å². The molecule has 96 valence electrons.